The van der Waals surface area contributed by atoms with Gasteiger partial charge in [0.1, 0.15) is 5.78 Å². The number of ketones is 1. The third-order valence-corrected chi connectivity index (χ3v) is 2.75. The van der Waals surface area contributed by atoms with Crippen LogP contribution in [0.1, 0.15) is 25.3 Å². The Morgan fingerprint density at radius 2 is 2.00 bits per heavy atom. The molecule has 1 rings (SSSR count). The van der Waals surface area contributed by atoms with Gasteiger partial charge in [0.15, 0.2) is 11.6 Å². The lowest BCUT2D eigenvalue weighted by molar-refractivity contribution is -0.132. The zero-order chi connectivity index (χ0) is 14.4. The Kier molecular flexibility index (Phi) is 5.48. The lowest BCUT2D eigenvalue weighted by Gasteiger charge is -2.17. The van der Waals surface area contributed by atoms with E-state index in [2.05, 4.69) is 0 Å². The average Bonchev–Trinajstić information content (AvgIpc) is 2.36. The number of hydrogen-bond acceptors (Lipinski definition) is 3. The Balaban J connectivity index is 2.61. The van der Waals surface area contributed by atoms with Crippen molar-refractivity contribution in [1.82, 2.24) is 4.90 Å². The number of ether oxygens (including phenoxy) is 1. The summed E-state index contributed by atoms with van der Waals surface area (Å²) in [5.41, 5.74) is 0.678. The molecule has 0 fully saturated rings. The molecule has 0 heterocycles. The quantitative estimate of drug-likeness (QED) is 0.793. The van der Waals surface area contributed by atoms with Gasteiger partial charge in [-0.1, -0.05) is 6.07 Å². The fraction of sp³-hybridized carbons (Fsp3) is 0.429. The summed E-state index contributed by atoms with van der Waals surface area (Å²) in [6, 6.07) is 4.57. The largest absolute Gasteiger partial charge is 0.494 e. The summed E-state index contributed by atoms with van der Waals surface area (Å²) in [5.74, 6) is -0.428. The molecule has 0 radical (unpaired) electrons. The minimum atomic E-state index is -0.454. The maximum atomic E-state index is 13.5. The number of methoxy groups -OCH3 is 1. The smallest absolute Gasteiger partial charge is 0.223 e. The van der Waals surface area contributed by atoms with Crippen molar-refractivity contribution < 1.29 is 18.7 Å². The Morgan fingerprint density at radius 3 is 2.53 bits per heavy atom. The van der Waals surface area contributed by atoms with Gasteiger partial charge in [0, 0.05) is 26.4 Å². The number of benzene rings is 1. The monoisotopic (exact) mass is 267 g/mol. The molecule has 1 aromatic carbocycles. The second kappa shape index (κ2) is 6.87. The van der Waals surface area contributed by atoms with Gasteiger partial charge in [-0.2, -0.15) is 0 Å². The number of carbonyl (C=O) groups excluding carboxylic acids is 2. The first-order chi connectivity index (χ1) is 8.93. The van der Waals surface area contributed by atoms with Crippen LogP contribution in [0.3, 0.4) is 0 Å². The van der Waals surface area contributed by atoms with Gasteiger partial charge in [-0.15, -0.1) is 0 Å². The third kappa shape index (κ3) is 4.69. The first kappa shape index (κ1) is 15.1. The Labute approximate surface area is 112 Å². The van der Waals surface area contributed by atoms with E-state index < -0.39 is 5.82 Å². The van der Waals surface area contributed by atoms with Crippen LogP contribution in [-0.4, -0.2) is 30.7 Å². The molecule has 5 heteroatoms. The summed E-state index contributed by atoms with van der Waals surface area (Å²) < 4.78 is 18.3. The average molecular weight is 267 g/mol. The van der Waals surface area contributed by atoms with Crippen LogP contribution in [0.25, 0.3) is 0 Å². The lowest BCUT2D eigenvalue weighted by atomic mass is 10.1. The van der Waals surface area contributed by atoms with Crippen LogP contribution in [-0.2, 0) is 16.1 Å². The van der Waals surface area contributed by atoms with E-state index in [9.17, 15) is 14.0 Å². The molecule has 0 saturated carbocycles. The first-order valence-electron chi connectivity index (χ1n) is 6.00. The van der Waals surface area contributed by atoms with Crippen molar-refractivity contribution in [2.75, 3.05) is 14.2 Å². The zero-order valence-corrected chi connectivity index (χ0v) is 11.4. The lowest BCUT2D eigenvalue weighted by Crippen LogP contribution is -2.26. The van der Waals surface area contributed by atoms with Crippen molar-refractivity contribution in [2.45, 2.75) is 26.3 Å². The van der Waals surface area contributed by atoms with Crippen molar-refractivity contribution in [3.05, 3.63) is 29.6 Å². The van der Waals surface area contributed by atoms with E-state index in [1.54, 1.807) is 13.1 Å². The van der Waals surface area contributed by atoms with E-state index in [1.165, 1.54) is 31.1 Å². The van der Waals surface area contributed by atoms with Crippen molar-refractivity contribution in [2.24, 2.45) is 0 Å². The van der Waals surface area contributed by atoms with Crippen molar-refractivity contribution in [3.8, 4) is 5.75 Å². The number of amides is 1. The van der Waals surface area contributed by atoms with Crippen LogP contribution in [0.2, 0.25) is 0 Å². The van der Waals surface area contributed by atoms with Crippen LogP contribution in [0, 0.1) is 5.82 Å². The predicted octanol–water partition coefficient (Wildman–Crippen LogP) is 2.16. The highest BCUT2D eigenvalue weighted by molar-refractivity contribution is 5.83. The molecule has 19 heavy (non-hydrogen) atoms. The Morgan fingerprint density at radius 1 is 1.32 bits per heavy atom. The van der Waals surface area contributed by atoms with E-state index in [0.29, 0.717) is 12.1 Å². The van der Waals surface area contributed by atoms with Crippen LogP contribution in [0.4, 0.5) is 4.39 Å². The van der Waals surface area contributed by atoms with E-state index in [4.69, 9.17) is 4.74 Å². The SMILES string of the molecule is COc1ccc(CN(C)C(=O)CCC(C)=O)cc1F. The maximum Gasteiger partial charge on any atom is 0.223 e. The number of nitrogens with zero attached hydrogens (tertiary/aromatic N) is 1. The minimum absolute atomic E-state index is 0.0164. The summed E-state index contributed by atoms with van der Waals surface area (Å²) >= 11 is 0. The molecular weight excluding hydrogens is 249 g/mol. The Bertz CT molecular complexity index is 474. The summed E-state index contributed by atoms with van der Waals surface area (Å²) in [6.45, 7) is 1.75. The standard InChI is InChI=1S/C14H18FNO3/c1-10(17)4-7-14(18)16(2)9-11-5-6-13(19-3)12(15)8-11/h5-6,8H,4,7,9H2,1-3H3. The van der Waals surface area contributed by atoms with Crippen LogP contribution < -0.4 is 4.74 Å². The normalized spacial score (nSPS) is 10.1. The highest BCUT2D eigenvalue weighted by Gasteiger charge is 2.11. The molecule has 1 aromatic rings. The minimum Gasteiger partial charge on any atom is -0.494 e. The van der Waals surface area contributed by atoms with Crippen molar-refractivity contribution >= 4 is 11.7 Å². The van der Waals surface area contributed by atoms with Gasteiger partial charge in [0.05, 0.1) is 7.11 Å². The number of carbonyl (C=O) groups is 2. The first-order valence-corrected chi connectivity index (χ1v) is 6.00. The fourth-order valence-corrected chi connectivity index (χ4v) is 1.64. The van der Waals surface area contributed by atoms with Gasteiger partial charge in [-0.25, -0.2) is 4.39 Å². The maximum absolute atomic E-state index is 13.5. The number of hydrogen-bond donors (Lipinski definition) is 0. The van der Waals surface area contributed by atoms with Crippen molar-refractivity contribution in [1.29, 1.82) is 0 Å². The third-order valence-electron chi connectivity index (χ3n) is 2.75. The van der Waals surface area contributed by atoms with Gasteiger partial charge < -0.3 is 14.4 Å². The van der Waals surface area contributed by atoms with Gasteiger partial charge >= 0.3 is 0 Å². The summed E-state index contributed by atoms with van der Waals surface area (Å²) in [6.07, 6.45) is 0.421. The highest BCUT2D eigenvalue weighted by atomic mass is 19.1. The van der Waals surface area contributed by atoms with E-state index in [0.717, 1.165) is 0 Å². The highest BCUT2D eigenvalue weighted by Crippen LogP contribution is 2.18. The van der Waals surface area contributed by atoms with E-state index >= 15 is 0 Å². The molecular formula is C14H18FNO3. The number of Topliss-reactive ketones (excluding diaryl/α,β-unsaturated/α-hetero) is 1. The van der Waals surface area contributed by atoms with Crippen molar-refractivity contribution in [3.63, 3.8) is 0 Å². The van der Waals surface area contributed by atoms with Crippen LogP contribution in [0.15, 0.2) is 18.2 Å². The molecule has 0 aromatic heterocycles. The molecule has 1 amide bonds. The summed E-state index contributed by atoms with van der Waals surface area (Å²) in [4.78, 5) is 24.0. The molecule has 4 nitrogen and oxygen atoms in total. The van der Waals surface area contributed by atoms with Gasteiger partial charge in [0.2, 0.25) is 5.91 Å². The fourth-order valence-electron chi connectivity index (χ4n) is 1.64. The van der Waals surface area contributed by atoms with E-state index in [-0.39, 0.29) is 30.3 Å². The summed E-state index contributed by atoms with van der Waals surface area (Å²) in [7, 11) is 3.03. The Hall–Kier alpha value is -1.91. The van der Waals surface area contributed by atoms with Crippen LogP contribution >= 0.6 is 0 Å². The molecule has 0 saturated heterocycles. The summed E-state index contributed by atoms with van der Waals surface area (Å²) in [5, 5.41) is 0. The molecule has 0 unspecified atom stereocenters. The van der Waals surface area contributed by atoms with Gasteiger partial charge in [-0.05, 0) is 24.6 Å². The molecule has 0 aliphatic rings. The van der Waals surface area contributed by atoms with Crippen LogP contribution in [0.5, 0.6) is 5.75 Å². The zero-order valence-electron chi connectivity index (χ0n) is 11.4. The second-order valence-corrected chi connectivity index (χ2v) is 4.42. The molecule has 0 atom stereocenters. The number of rotatable bonds is 6. The van der Waals surface area contributed by atoms with Gasteiger partial charge in [-0.3, -0.25) is 4.79 Å². The molecule has 104 valence electrons. The second-order valence-electron chi connectivity index (χ2n) is 4.42. The molecule has 0 aliphatic heterocycles. The molecule has 0 aliphatic carbocycles. The number of halogens is 1. The van der Waals surface area contributed by atoms with E-state index in [1.807, 2.05) is 0 Å². The molecule has 0 spiro atoms. The molecule has 0 bridgehead atoms. The molecule has 0 N–H and O–H groups in total. The topological polar surface area (TPSA) is 46.6 Å². The predicted molar refractivity (Wildman–Crippen MR) is 69.3 cm³/mol. The van der Waals surface area contributed by atoms with Gasteiger partial charge in [0.25, 0.3) is 0 Å².